The molecule has 5 heterocycles. The van der Waals surface area contributed by atoms with Crippen LogP contribution in [0.5, 0.6) is 11.5 Å². The lowest BCUT2D eigenvalue weighted by Crippen LogP contribution is -2.60. The van der Waals surface area contributed by atoms with E-state index in [4.69, 9.17) is 20.3 Å². The summed E-state index contributed by atoms with van der Waals surface area (Å²) in [5.74, 6) is 0.0481. The normalized spacial score (nSPS) is 18.5. The van der Waals surface area contributed by atoms with Crippen LogP contribution >= 0.6 is 0 Å². The topological polar surface area (TPSA) is 139 Å². The molecule has 2 aromatic carbocycles. The maximum atomic E-state index is 16.0. The molecule has 3 saturated heterocycles. The van der Waals surface area contributed by atoms with Crippen molar-refractivity contribution in [1.29, 1.82) is 5.26 Å². The molecule has 0 atom stereocenters. The lowest BCUT2D eigenvalue weighted by Gasteiger charge is -2.48. The van der Waals surface area contributed by atoms with E-state index >= 15 is 4.39 Å². The minimum Gasteiger partial charge on any atom is -0.457 e. The summed E-state index contributed by atoms with van der Waals surface area (Å²) in [7, 11) is 0. The number of piperazine rings is 1. The SMILES string of the molecule is CC(C)(C(=C(C#N)C(=O)N1CCCCC1)n1nc(-c2ccc(Oc3ccccc3)cc2F)c2c(N)ncnc21)N1CCN(C2COC2)CC1. The first kappa shape index (κ1) is 32.6. The fourth-order valence-electron chi connectivity index (χ4n) is 7.05. The van der Waals surface area contributed by atoms with E-state index in [1.54, 1.807) is 29.2 Å². The quantitative estimate of drug-likeness (QED) is 0.211. The van der Waals surface area contributed by atoms with Crippen molar-refractivity contribution in [1.82, 2.24) is 34.4 Å². The number of likely N-dealkylation sites (tertiary alicyclic amines) is 1. The van der Waals surface area contributed by atoms with Crippen LogP contribution in [0.4, 0.5) is 10.2 Å². The molecule has 7 rings (SSSR count). The molecule has 2 N–H and O–H groups in total. The Morgan fingerprint density at radius 2 is 1.73 bits per heavy atom. The number of nitriles is 1. The van der Waals surface area contributed by atoms with Crippen LogP contribution in [-0.4, -0.2) is 104 Å². The summed E-state index contributed by atoms with van der Waals surface area (Å²) < 4.78 is 28.8. The smallest absolute Gasteiger partial charge is 0.266 e. The van der Waals surface area contributed by atoms with E-state index in [1.807, 2.05) is 32.0 Å². The van der Waals surface area contributed by atoms with Crippen molar-refractivity contribution in [3.05, 3.63) is 66.2 Å². The Kier molecular flexibility index (Phi) is 9.02. The number of aromatic nitrogens is 4. The Morgan fingerprint density at radius 3 is 2.39 bits per heavy atom. The second-order valence-corrected chi connectivity index (χ2v) is 13.2. The number of carbonyl (C=O) groups excluding carboxylic acids is 1. The van der Waals surface area contributed by atoms with Crippen molar-refractivity contribution in [2.75, 3.05) is 58.2 Å². The molecule has 13 heteroatoms. The molecule has 3 aliphatic heterocycles. The highest BCUT2D eigenvalue weighted by atomic mass is 19.1. The zero-order valence-corrected chi connectivity index (χ0v) is 27.8. The fourth-order valence-corrected chi connectivity index (χ4v) is 7.05. The fraction of sp³-hybridized carbons (Fsp3) is 0.417. The number of fused-ring (bicyclic) bond motifs is 1. The molecule has 4 aromatic rings. The van der Waals surface area contributed by atoms with E-state index in [2.05, 4.69) is 25.8 Å². The number of nitrogen functional groups attached to an aromatic ring is 1. The van der Waals surface area contributed by atoms with Gasteiger partial charge in [-0.15, -0.1) is 0 Å². The molecule has 0 bridgehead atoms. The van der Waals surface area contributed by atoms with Crippen molar-refractivity contribution in [3.8, 4) is 28.8 Å². The van der Waals surface area contributed by atoms with Crippen LogP contribution in [0.25, 0.3) is 28.0 Å². The number of nitrogens with two attached hydrogens (primary N) is 1. The second-order valence-electron chi connectivity index (χ2n) is 13.2. The van der Waals surface area contributed by atoms with Gasteiger partial charge in [0.05, 0.1) is 35.9 Å². The van der Waals surface area contributed by atoms with Gasteiger partial charge in [-0.05, 0) is 57.4 Å². The predicted molar refractivity (Wildman–Crippen MR) is 183 cm³/mol. The lowest BCUT2D eigenvalue weighted by atomic mass is 9.92. The molecule has 1 amide bonds. The van der Waals surface area contributed by atoms with Crippen molar-refractivity contribution in [2.24, 2.45) is 0 Å². The van der Waals surface area contributed by atoms with Crippen LogP contribution < -0.4 is 10.5 Å². The minimum absolute atomic E-state index is 0.0260. The van der Waals surface area contributed by atoms with Crippen LogP contribution in [-0.2, 0) is 9.53 Å². The highest BCUT2D eigenvalue weighted by molar-refractivity contribution is 6.06. The van der Waals surface area contributed by atoms with Gasteiger partial charge in [0.15, 0.2) is 5.65 Å². The number of carbonyl (C=O) groups is 1. The first-order valence-electron chi connectivity index (χ1n) is 16.8. The molecular formula is C36H40FN9O3. The van der Waals surface area contributed by atoms with Gasteiger partial charge in [-0.1, -0.05) is 18.2 Å². The van der Waals surface area contributed by atoms with Gasteiger partial charge in [-0.25, -0.2) is 19.0 Å². The third-order valence-electron chi connectivity index (χ3n) is 9.91. The van der Waals surface area contributed by atoms with Crippen LogP contribution in [0.2, 0.25) is 0 Å². The molecular weight excluding hydrogens is 625 g/mol. The van der Waals surface area contributed by atoms with E-state index in [-0.39, 0.29) is 34.2 Å². The monoisotopic (exact) mass is 665 g/mol. The van der Waals surface area contributed by atoms with Crippen LogP contribution in [0.3, 0.4) is 0 Å². The van der Waals surface area contributed by atoms with Gasteiger partial charge in [-0.3, -0.25) is 14.6 Å². The Hall–Kier alpha value is -4.90. The molecule has 3 fully saturated rings. The standard InChI is InChI=1S/C36H40FN9O3/c1-36(2,45-17-15-43(16-18-45)24-21-48-22-24)32(28(20-38)35(47)44-13-7-4-8-14-44)46-34-30(33(39)40-23-41-34)31(42-46)27-12-11-26(19-29(27)37)49-25-9-5-3-6-10-25/h3,5-6,9-12,19,23-24H,4,7-8,13-18,21-22H2,1-2H3,(H2,39,40,41). The maximum absolute atomic E-state index is 16.0. The molecule has 49 heavy (non-hydrogen) atoms. The predicted octanol–water partition coefficient (Wildman–Crippen LogP) is 4.55. The number of rotatable bonds is 8. The molecule has 0 unspecified atom stereocenters. The van der Waals surface area contributed by atoms with E-state index < -0.39 is 11.4 Å². The number of para-hydroxylation sites is 1. The van der Waals surface area contributed by atoms with Crippen molar-refractivity contribution in [2.45, 2.75) is 44.7 Å². The average molecular weight is 666 g/mol. The first-order valence-corrected chi connectivity index (χ1v) is 16.8. The Bertz CT molecular complexity index is 1920. The summed E-state index contributed by atoms with van der Waals surface area (Å²) in [6.45, 7) is 9.64. The number of piperidine rings is 1. The Morgan fingerprint density at radius 1 is 1.00 bits per heavy atom. The summed E-state index contributed by atoms with van der Waals surface area (Å²) in [4.78, 5) is 29.4. The van der Waals surface area contributed by atoms with Crippen molar-refractivity contribution >= 4 is 28.5 Å². The maximum Gasteiger partial charge on any atom is 0.266 e. The van der Waals surface area contributed by atoms with Crippen molar-refractivity contribution in [3.63, 3.8) is 0 Å². The zero-order valence-electron chi connectivity index (χ0n) is 27.8. The van der Waals surface area contributed by atoms with Gasteiger partial charge in [0, 0.05) is 50.9 Å². The molecule has 12 nitrogen and oxygen atoms in total. The molecule has 0 spiro atoms. The third kappa shape index (κ3) is 6.23. The second kappa shape index (κ2) is 13.5. The van der Waals surface area contributed by atoms with Crippen LogP contribution in [0.15, 0.2) is 60.4 Å². The molecule has 0 aliphatic carbocycles. The van der Waals surface area contributed by atoms with E-state index in [0.29, 0.717) is 54.8 Å². The van der Waals surface area contributed by atoms with Gasteiger partial charge >= 0.3 is 0 Å². The Balaban J connectivity index is 1.35. The summed E-state index contributed by atoms with van der Waals surface area (Å²) in [5.41, 5.74) is 6.55. The highest BCUT2D eigenvalue weighted by Crippen LogP contribution is 2.39. The van der Waals surface area contributed by atoms with Gasteiger partial charge in [0.25, 0.3) is 5.91 Å². The molecule has 3 aliphatic rings. The van der Waals surface area contributed by atoms with Gasteiger partial charge in [0.2, 0.25) is 0 Å². The number of amides is 1. The summed E-state index contributed by atoms with van der Waals surface area (Å²) in [6.07, 6.45) is 4.10. The third-order valence-corrected chi connectivity index (χ3v) is 9.91. The molecule has 0 radical (unpaired) electrons. The number of hydrogen-bond acceptors (Lipinski definition) is 10. The van der Waals surface area contributed by atoms with Gasteiger partial charge in [-0.2, -0.15) is 10.4 Å². The molecule has 0 saturated carbocycles. The Labute approximate surface area is 284 Å². The van der Waals surface area contributed by atoms with E-state index in [0.717, 1.165) is 45.6 Å². The number of ether oxygens (including phenoxy) is 2. The van der Waals surface area contributed by atoms with Crippen LogP contribution in [0, 0.1) is 17.1 Å². The summed E-state index contributed by atoms with van der Waals surface area (Å²) in [5, 5.41) is 16.0. The minimum atomic E-state index is -0.874. The van der Waals surface area contributed by atoms with Gasteiger partial charge < -0.3 is 20.1 Å². The van der Waals surface area contributed by atoms with E-state index in [9.17, 15) is 10.1 Å². The first-order chi connectivity index (χ1) is 23.8. The number of hydrogen-bond donors (Lipinski definition) is 1. The van der Waals surface area contributed by atoms with Gasteiger partial charge in [0.1, 0.15) is 46.8 Å². The lowest BCUT2D eigenvalue weighted by molar-refractivity contribution is -0.127. The highest BCUT2D eigenvalue weighted by Gasteiger charge is 2.42. The molecule has 2 aromatic heterocycles. The average Bonchev–Trinajstić information content (AvgIpc) is 3.47. The number of benzene rings is 2. The zero-order chi connectivity index (χ0) is 34.1. The van der Waals surface area contributed by atoms with E-state index in [1.165, 1.54) is 17.1 Å². The van der Waals surface area contributed by atoms with Crippen molar-refractivity contribution < 1.29 is 18.7 Å². The largest absolute Gasteiger partial charge is 0.457 e. The van der Waals surface area contributed by atoms with Crippen LogP contribution in [0.1, 0.15) is 33.1 Å². The number of halogens is 1. The summed E-state index contributed by atoms with van der Waals surface area (Å²) in [6, 6.07) is 16.3. The molecule has 254 valence electrons. The summed E-state index contributed by atoms with van der Waals surface area (Å²) >= 11 is 0. The number of nitrogens with zero attached hydrogens (tertiary/aromatic N) is 8. The number of anilines is 1.